The number of aliphatic imine (C=N–C) groups is 1. The van der Waals surface area contributed by atoms with E-state index in [1.54, 1.807) is 0 Å². The Kier molecular flexibility index (Phi) is 23.9. The van der Waals surface area contributed by atoms with Crippen molar-refractivity contribution in [2.24, 2.45) is 16.8 Å². The number of nitrogens with one attached hydrogen (secondary N) is 1. The van der Waals surface area contributed by atoms with Crippen molar-refractivity contribution in [2.75, 3.05) is 52.8 Å². The summed E-state index contributed by atoms with van der Waals surface area (Å²) >= 11 is 0. The summed E-state index contributed by atoms with van der Waals surface area (Å²) in [4.78, 5) is 53.6. The summed E-state index contributed by atoms with van der Waals surface area (Å²) < 4.78 is 30.2. The van der Waals surface area contributed by atoms with Crippen molar-refractivity contribution in [3.8, 4) is 0 Å². The van der Waals surface area contributed by atoms with Gasteiger partial charge in [0.15, 0.2) is 0 Å². The van der Waals surface area contributed by atoms with Gasteiger partial charge in [-0.15, -0.1) is 0 Å². The Morgan fingerprint density at radius 1 is 0.714 bits per heavy atom. The maximum atomic E-state index is 13.4. The molecular formula is C38H70N2O9. The predicted molar refractivity (Wildman–Crippen MR) is 194 cm³/mol. The van der Waals surface area contributed by atoms with E-state index in [4.69, 9.17) is 23.7 Å². The van der Waals surface area contributed by atoms with Crippen LogP contribution in [0.3, 0.4) is 0 Å². The lowest BCUT2D eigenvalue weighted by Gasteiger charge is -2.36. The first-order chi connectivity index (χ1) is 22.8. The number of ether oxygens (including phenoxy) is 5. The van der Waals surface area contributed by atoms with E-state index in [1.165, 1.54) is 6.92 Å². The molecule has 0 saturated heterocycles. The summed E-state index contributed by atoms with van der Waals surface area (Å²) in [5.74, 6) is -0.275. The molecule has 0 bridgehead atoms. The van der Waals surface area contributed by atoms with Gasteiger partial charge in [-0.1, -0.05) is 34.6 Å². The van der Waals surface area contributed by atoms with Crippen LogP contribution in [-0.2, 0) is 42.9 Å². The molecule has 0 saturated carbocycles. The van der Waals surface area contributed by atoms with Gasteiger partial charge < -0.3 is 29.0 Å². The zero-order valence-electron chi connectivity index (χ0n) is 32.7. The normalized spacial score (nSPS) is 13.4. The predicted octanol–water partition coefficient (Wildman–Crippen LogP) is 6.12. The number of amides is 1. The zero-order valence-corrected chi connectivity index (χ0v) is 32.7. The highest BCUT2D eigenvalue weighted by Gasteiger charge is 2.34. The van der Waals surface area contributed by atoms with Crippen LogP contribution in [-0.4, -0.2) is 105 Å². The molecule has 1 amide bonds. The summed E-state index contributed by atoms with van der Waals surface area (Å²) in [5, 5.41) is 3.07. The molecule has 0 aromatic carbocycles. The van der Waals surface area contributed by atoms with Crippen LogP contribution >= 0.6 is 0 Å². The van der Waals surface area contributed by atoms with Gasteiger partial charge in [0, 0.05) is 50.7 Å². The molecule has 1 atom stereocenters. The van der Waals surface area contributed by atoms with Gasteiger partial charge in [-0.2, -0.15) is 0 Å². The van der Waals surface area contributed by atoms with E-state index in [-0.39, 0.29) is 112 Å². The number of rotatable bonds is 31. The second-order valence-corrected chi connectivity index (χ2v) is 15.0. The molecule has 286 valence electrons. The Morgan fingerprint density at radius 3 is 1.67 bits per heavy atom. The Bertz CT molecular complexity index is 964. The molecule has 0 aliphatic carbocycles. The van der Waals surface area contributed by atoms with Gasteiger partial charge >= 0.3 is 0 Å². The lowest BCUT2D eigenvalue weighted by molar-refractivity contribution is -0.137. The van der Waals surface area contributed by atoms with Gasteiger partial charge in [-0.3, -0.25) is 24.2 Å². The number of hydrogen-bond donors (Lipinski definition) is 1. The molecule has 0 aromatic heterocycles. The van der Waals surface area contributed by atoms with E-state index in [2.05, 4.69) is 44.9 Å². The SMILES string of the molecule is CCC=NCCC(C)(C)OC(C)(C)CCOC(C)CCC(=O)NC(COCCC(C)=O)(COCCC(=O)C(C)C)COCCC(=O)C(C)C. The highest BCUT2D eigenvalue weighted by atomic mass is 16.5. The van der Waals surface area contributed by atoms with Crippen molar-refractivity contribution in [3.63, 3.8) is 0 Å². The number of carbonyl (C=O) groups excluding carboxylic acids is 4. The minimum atomic E-state index is -1.09. The average Bonchev–Trinajstić information content (AvgIpc) is 2.99. The second-order valence-electron chi connectivity index (χ2n) is 15.0. The first-order valence-corrected chi connectivity index (χ1v) is 18.2. The van der Waals surface area contributed by atoms with Gasteiger partial charge in [0.2, 0.25) is 5.91 Å². The smallest absolute Gasteiger partial charge is 0.220 e. The molecule has 0 aliphatic heterocycles. The molecule has 0 aliphatic rings. The van der Waals surface area contributed by atoms with E-state index in [0.29, 0.717) is 19.4 Å². The summed E-state index contributed by atoms with van der Waals surface area (Å²) in [7, 11) is 0. The van der Waals surface area contributed by atoms with Crippen LogP contribution in [0.15, 0.2) is 4.99 Å². The third-order valence-corrected chi connectivity index (χ3v) is 8.00. The van der Waals surface area contributed by atoms with Crippen LogP contribution < -0.4 is 5.32 Å². The largest absolute Gasteiger partial charge is 0.378 e. The molecule has 0 aromatic rings. The van der Waals surface area contributed by atoms with E-state index >= 15 is 0 Å². The quantitative estimate of drug-likeness (QED) is 0.0670. The fraction of sp³-hybridized carbons (Fsp3) is 0.868. The van der Waals surface area contributed by atoms with Gasteiger partial charge in [0.1, 0.15) is 22.9 Å². The van der Waals surface area contributed by atoms with E-state index in [0.717, 1.165) is 19.4 Å². The van der Waals surface area contributed by atoms with Crippen molar-refractivity contribution in [3.05, 3.63) is 0 Å². The Labute approximate surface area is 297 Å². The van der Waals surface area contributed by atoms with E-state index in [1.807, 2.05) is 40.8 Å². The van der Waals surface area contributed by atoms with Crippen LogP contribution in [0.1, 0.15) is 128 Å². The van der Waals surface area contributed by atoms with E-state index < -0.39 is 11.1 Å². The Hall–Kier alpha value is -2.05. The zero-order chi connectivity index (χ0) is 37.5. The van der Waals surface area contributed by atoms with Crippen molar-refractivity contribution >= 4 is 29.5 Å². The number of carbonyl (C=O) groups is 4. The third-order valence-electron chi connectivity index (χ3n) is 8.00. The minimum Gasteiger partial charge on any atom is -0.378 e. The third kappa shape index (κ3) is 24.7. The molecule has 0 rings (SSSR count). The van der Waals surface area contributed by atoms with Crippen LogP contribution in [0.5, 0.6) is 0 Å². The fourth-order valence-corrected chi connectivity index (χ4v) is 4.86. The fourth-order valence-electron chi connectivity index (χ4n) is 4.86. The molecule has 1 unspecified atom stereocenters. The van der Waals surface area contributed by atoms with Gasteiger partial charge in [-0.25, -0.2) is 0 Å². The standard InChI is InChI=1S/C38H70N2O9/c1-12-20-39-21-18-36(8,9)49-37(10,11)19-25-48-32(7)13-14-35(44)40-38(26-45-22-15-31(6)41,27-46-23-16-33(42)29(2)3)28-47-24-17-34(43)30(4)5/h20,29-30,32H,12-19,21-28H2,1-11H3,(H,40,44). The second kappa shape index (κ2) is 25.0. The molecular weight excluding hydrogens is 628 g/mol. The number of ketones is 3. The molecule has 11 nitrogen and oxygen atoms in total. The summed E-state index contributed by atoms with van der Waals surface area (Å²) in [6, 6.07) is 0. The maximum Gasteiger partial charge on any atom is 0.220 e. The lowest BCUT2D eigenvalue weighted by atomic mass is 10.00. The van der Waals surface area contributed by atoms with Crippen LogP contribution in [0.4, 0.5) is 0 Å². The van der Waals surface area contributed by atoms with Gasteiger partial charge in [0.05, 0.1) is 56.9 Å². The average molecular weight is 699 g/mol. The molecule has 49 heavy (non-hydrogen) atoms. The number of nitrogens with zero attached hydrogens (tertiary/aromatic N) is 1. The van der Waals surface area contributed by atoms with Crippen molar-refractivity contribution in [1.29, 1.82) is 0 Å². The van der Waals surface area contributed by atoms with Crippen LogP contribution in [0.2, 0.25) is 0 Å². The van der Waals surface area contributed by atoms with Crippen molar-refractivity contribution in [1.82, 2.24) is 5.32 Å². The van der Waals surface area contributed by atoms with Gasteiger partial charge in [0.25, 0.3) is 0 Å². The molecule has 1 N–H and O–H groups in total. The first kappa shape index (κ1) is 47.0. The highest BCUT2D eigenvalue weighted by molar-refractivity contribution is 5.80. The van der Waals surface area contributed by atoms with Crippen LogP contribution in [0.25, 0.3) is 0 Å². The van der Waals surface area contributed by atoms with Crippen molar-refractivity contribution in [2.45, 2.75) is 150 Å². The topological polar surface area (TPSA) is 139 Å². The van der Waals surface area contributed by atoms with Gasteiger partial charge in [-0.05, 0) is 73.4 Å². The summed E-state index contributed by atoms with van der Waals surface area (Å²) in [6.07, 6.45) is 5.62. The maximum absolute atomic E-state index is 13.4. The Morgan fingerprint density at radius 2 is 1.20 bits per heavy atom. The highest BCUT2D eigenvalue weighted by Crippen LogP contribution is 2.26. The monoisotopic (exact) mass is 699 g/mol. The molecule has 0 heterocycles. The first-order valence-electron chi connectivity index (χ1n) is 18.2. The number of hydrogen-bond acceptors (Lipinski definition) is 10. The molecule has 0 radical (unpaired) electrons. The molecule has 0 spiro atoms. The minimum absolute atomic E-state index is 0.00804. The summed E-state index contributed by atoms with van der Waals surface area (Å²) in [6.45, 7) is 23.0. The Balaban J connectivity index is 5.34. The molecule has 0 fully saturated rings. The number of Topliss-reactive ketones (excluding diaryl/α,β-unsaturated/α-hetero) is 3. The summed E-state index contributed by atoms with van der Waals surface area (Å²) in [5.41, 5.74) is -1.80. The van der Waals surface area contributed by atoms with Crippen molar-refractivity contribution < 1.29 is 42.9 Å². The van der Waals surface area contributed by atoms with E-state index in [9.17, 15) is 19.2 Å². The van der Waals surface area contributed by atoms with Crippen LogP contribution in [0, 0.1) is 11.8 Å². The lowest BCUT2D eigenvalue weighted by Crippen LogP contribution is -2.58. The molecule has 11 heteroatoms.